The van der Waals surface area contributed by atoms with Crippen LogP contribution in [0.4, 0.5) is 4.39 Å². The molecule has 0 radical (unpaired) electrons. The molecule has 0 amide bonds. The van der Waals surface area contributed by atoms with Gasteiger partial charge < -0.3 is 15.5 Å². The van der Waals surface area contributed by atoms with Crippen molar-refractivity contribution in [1.29, 1.82) is 0 Å². The Labute approximate surface area is 93.9 Å². The number of rotatable bonds is 4. The number of phenols is 1. The second kappa shape index (κ2) is 4.39. The van der Waals surface area contributed by atoms with Crippen molar-refractivity contribution in [3.63, 3.8) is 0 Å². The summed E-state index contributed by atoms with van der Waals surface area (Å²) in [7, 11) is 0. The Bertz CT molecular complexity index is 372. The van der Waals surface area contributed by atoms with Crippen LogP contribution in [-0.4, -0.2) is 22.4 Å². The van der Waals surface area contributed by atoms with Gasteiger partial charge in [0.05, 0.1) is 6.61 Å². The van der Waals surface area contributed by atoms with E-state index >= 15 is 0 Å². The highest BCUT2D eigenvalue weighted by molar-refractivity contribution is 5.33. The number of phenolic OH excluding ortho intramolecular Hbond substituents is 1. The van der Waals surface area contributed by atoms with Crippen molar-refractivity contribution in [1.82, 2.24) is 5.32 Å². The molecule has 0 aliphatic heterocycles. The zero-order valence-corrected chi connectivity index (χ0v) is 9.04. The Morgan fingerprint density at radius 3 is 2.69 bits per heavy atom. The molecule has 16 heavy (non-hydrogen) atoms. The standard InChI is InChI=1S/C12H16FNO2/c13-10-4-1-3-9(11(10)16)7-14-12(8-15)5-2-6-12/h1,3-4,14-16H,2,5-8H2. The van der Waals surface area contributed by atoms with Gasteiger partial charge in [0, 0.05) is 17.6 Å². The van der Waals surface area contributed by atoms with Crippen molar-refractivity contribution in [3.05, 3.63) is 29.6 Å². The van der Waals surface area contributed by atoms with Crippen molar-refractivity contribution in [2.24, 2.45) is 0 Å². The normalized spacial score (nSPS) is 18.1. The highest BCUT2D eigenvalue weighted by Gasteiger charge is 2.35. The third-order valence-corrected chi connectivity index (χ3v) is 3.34. The SMILES string of the molecule is OCC1(NCc2cccc(F)c2O)CCC1. The van der Waals surface area contributed by atoms with E-state index in [1.807, 2.05) is 0 Å². The summed E-state index contributed by atoms with van der Waals surface area (Å²) in [6.45, 7) is 0.466. The van der Waals surface area contributed by atoms with Crippen LogP contribution in [0, 0.1) is 5.82 Å². The number of benzene rings is 1. The summed E-state index contributed by atoms with van der Waals surface area (Å²) < 4.78 is 13.0. The lowest BCUT2D eigenvalue weighted by Crippen LogP contribution is -2.53. The van der Waals surface area contributed by atoms with Gasteiger partial charge in [-0.25, -0.2) is 4.39 Å². The smallest absolute Gasteiger partial charge is 0.165 e. The lowest BCUT2D eigenvalue weighted by molar-refractivity contribution is 0.0869. The van der Waals surface area contributed by atoms with E-state index in [4.69, 9.17) is 0 Å². The van der Waals surface area contributed by atoms with E-state index < -0.39 is 5.82 Å². The van der Waals surface area contributed by atoms with Crippen LogP contribution in [0.1, 0.15) is 24.8 Å². The molecular formula is C12H16FNO2. The molecule has 1 aromatic carbocycles. The van der Waals surface area contributed by atoms with E-state index in [0.29, 0.717) is 12.1 Å². The van der Waals surface area contributed by atoms with Crippen LogP contribution in [0.2, 0.25) is 0 Å². The van der Waals surface area contributed by atoms with Crippen molar-refractivity contribution in [2.75, 3.05) is 6.61 Å². The molecule has 3 nitrogen and oxygen atoms in total. The average Bonchev–Trinajstić information content (AvgIpc) is 2.23. The molecule has 0 saturated heterocycles. The summed E-state index contributed by atoms with van der Waals surface area (Å²) in [6, 6.07) is 4.47. The first-order valence-electron chi connectivity index (χ1n) is 5.49. The van der Waals surface area contributed by atoms with Gasteiger partial charge in [-0.2, -0.15) is 0 Å². The largest absolute Gasteiger partial charge is 0.505 e. The summed E-state index contributed by atoms with van der Waals surface area (Å²) in [5.74, 6) is -0.909. The van der Waals surface area contributed by atoms with Crippen molar-refractivity contribution in [2.45, 2.75) is 31.3 Å². The molecule has 1 aromatic rings. The van der Waals surface area contributed by atoms with Gasteiger partial charge in [-0.05, 0) is 25.3 Å². The first kappa shape index (κ1) is 11.4. The summed E-state index contributed by atoms with van der Waals surface area (Å²) in [6.07, 6.45) is 2.96. The Balaban J connectivity index is 2.02. The van der Waals surface area contributed by atoms with Gasteiger partial charge in [0.15, 0.2) is 11.6 Å². The molecule has 0 aromatic heterocycles. The number of aromatic hydroxyl groups is 1. The molecule has 88 valence electrons. The van der Waals surface area contributed by atoms with Crippen LogP contribution in [0.15, 0.2) is 18.2 Å². The summed E-state index contributed by atoms with van der Waals surface area (Å²) in [4.78, 5) is 0. The number of hydrogen-bond acceptors (Lipinski definition) is 3. The minimum atomic E-state index is -0.606. The van der Waals surface area contributed by atoms with Crippen LogP contribution >= 0.6 is 0 Å². The van der Waals surface area contributed by atoms with Gasteiger partial charge in [0.25, 0.3) is 0 Å². The zero-order valence-electron chi connectivity index (χ0n) is 9.04. The Morgan fingerprint density at radius 1 is 1.38 bits per heavy atom. The predicted molar refractivity (Wildman–Crippen MR) is 58.6 cm³/mol. The van der Waals surface area contributed by atoms with Crippen LogP contribution in [-0.2, 0) is 6.54 Å². The Hall–Kier alpha value is -1.13. The number of para-hydroxylation sites is 1. The number of halogens is 1. The molecule has 0 atom stereocenters. The van der Waals surface area contributed by atoms with E-state index in [2.05, 4.69) is 5.32 Å². The van der Waals surface area contributed by atoms with E-state index in [-0.39, 0.29) is 17.9 Å². The maximum absolute atomic E-state index is 13.0. The first-order valence-corrected chi connectivity index (χ1v) is 5.49. The summed E-state index contributed by atoms with van der Waals surface area (Å²) in [5.41, 5.74) is 0.304. The minimum absolute atomic E-state index is 0.0864. The van der Waals surface area contributed by atoms with Crippen molar-refractivity contribution in [3.8, 4) is 5.75 Å². The molecule has 1 saturated carbocycles. The number of aliphatic hydroxyl groups excluding tert-OH is 1. The fourth-order valence-corrected chi connectivity index (χ4v) is 1.98. The maximum atomic E-state index is 13.0. The fraction of sp³-hybridized carbons (Fsp3) is 0.500. The minimum Gasteiger partial charge on any atom is -0.505 e. The molecule has 1 aliphatic carbocycles. The van der Waals surface area contributed by atoms with Crippen LogP contribution in [0.3, 0.4) is 0 Å². The summed E-state index contributed by atoms with van der Waals surface area (Å²) >= 11 is 0. The number of nitrogens with one attached hydrogen (secondary N) is 1. The monoisotopic (exact) mass is 225 g/mol. The lowest BCUT2D eigenvalue weighted by Gasteiger charge is -2.41. The van der Waals surface area contributed by atoms with Crippen LogP contribution in [0.25, 0.3) is 0 Å². The second-order valence-electron chi connectivity index (χ2n) is 4.39. The highest BCUT2D eigenvalue weighted by atomic mass is 19.1. The van der Waals surface area contributed by atoms with Crippen LogP contribution in [0.5, 0.6) is 5.75 Å². The van der Waals surface area contributed by atoms with Crippen molar-refractivity contribution >= 4 is 0 Å². The molecule has 4 heteroatoms. The average molecular weight is 225 g/mol. The number of aliphatic hydroxyl groups is 1. The highest BCUT2D eigenvalue weighted by Crippen LogP contribution is 2.32. The first-order chi connectivity index (χ1) is 7.67. The van der Waals surface area contributed by atoms with Gasteiger partial charge in [-0.15, -0.1) is 0 Å². The molecule has 0 bridgehead atoms. The predicted octanol–water partition coefficient (Wildman–Crippen LogP) is 1.54. The van der Waals surface area contributed by atoms with Gasteiger partial charge >= 0.3 is 0 Å². The van der Waals surface area contributed by atoms with E-state index in [9.17, 15) is 14.6 Å². The molecule has 0 unspecified atom stereocenters. The number of hydrogen-bond donors (Lipinski definition) is 3. The van der Waals surface area contributed by atoms with Gasteiger partial charge in [-0.3, -0.25) is 0 Å². The van der Waals surface area contributed by atoms with E-state index in [1.165, 1.54) is 6.07 Å². The summed E-state index contributed by atoms with van der Waals surface area (Å²) in [5, 5.41) is 21.9. The van der Waals surface area contributed by atoms with Gasteiger partial charge in [0.2, 0.25) is 0 Å². The molecular weight excluding hydrogens is 209 g/mol. The molecule has 1 aliphatic rings. The molecule has 3 N–H and O–H groups in total. The second-order valence-corrected chi connectivity index (χ2v) is 4.39. The fourth-order valence-electron chi connectivity index (χ4n) is 1.98. The van der Waals surface area contributed by atoms with Crippen LogP contribution < -0.4 is 5.32 Å². The Morgan fingerprint density at radius 2 is 2.12 bits per heavy atom. The molecule has 2 rings (SSSR count). The van der Waals surface area contributed by atoms with E-state index in [0.717, 1.165) is 19.3 Å². The lowest BCUT2D eigenvalue weighted by atomic mass is 9.77. The Kier molecular flexibility index (Phi) is 3.12. The van der Waals surface area contributed by atoms with Crippen molar-refractivity contribution < 1.29 is 14.6 Å². The molecule has 0 spiro atoms. The van der Waals surface area contributed by atoms with E-state index in [1.54, 1.807) is 12.1 Å². The maximum Gasteiger partial charge on any atom is 0.165 e. The quantitative estimate of drug-likeness (QED) is 0.728. The third-order valence-electron chi connectivity index (χ3n) is 3.34. The molecule has 0 heterocycles. The topological polar surface area (TPSA) is 52.5 Å². The molecule has 1 fully saturated rings. The van der Waals surface area contributed by atoms with Gasteiger partial charge in [0.1, 0.15) is 0 Å². The third kappa shape index (κ3) is 2.03. The van der Waals surface area contributed by atoms with Gasteiger partial charge in [-0.1, -0.05) is 12.1 Å². The zero-order chi connectivity index (χ0) is 11.6.